The summed E-state index contributed by atoms with van der Waals surface area (Å²) in [5.41, 5.74) is 8.80. The number of nitrogens with one attached hydrogen (secondary N) is 2. The minimum Gasteiger partial charge on any atom is -0.352 e. The number of urea groups is 1. The van der Waals surface area contributed by atoms with Crippen molar-refractivity contribution in [2.24, 2.45) is 17.9 Å². The summed E-state index contributed by atoms with van der Waals surface area (Å²) in [6, 6.07) is 10.5. The maximum absolute atomic E-state index is 12.2. The Hall–Kier alpha value is -2.65. The molecule has 0 bridgehead atoms. The van der Waals surface area contributed by atoms with Gasteiger partial charge >= 0.3 is 6.03 Å². The summed E-state index contributed by atoms with van der Waals surface area (Å²) in [5, 5.41) is 8.67. The van der Waals surface area contributed by atoms with Crippen LogP contribution in [0, 0.1) is 0 Å². The first-order valence-electron chi connectivity index (χ1n) is 7.51. The van der Waals surface area contributed by atoms with E-state index < -0.39 is 12.1 Å². The molecule has 0 aliphatic rings. The number of carbonyl (C=O) groups is 2. The maximum Gasteiger partial charge on any atom is 0.312 e. The monoisotopic (exact) mass is 375 g/mol. The molecule has 0 aliphatic heterocycles. The number of fused-ring (bicyclic) bond motifs is 1. The second-order valence-electron chi connectivity index (χ2n) is 5.34. The van der Waals surface area contributed by atoms with E-state index in [1.807, 2.05) is 53.4 Å². The number of nitrogens with two attached hydrogens (primary N) is 1. The number of aryl methyl sites for hydroxylation is 1. The predicted octanol–water partition coefficient (Wildman–Crippen LogP) is 2.03. The molecule has 0 radical (unpaired) electrons. The number of benzene rings is 1. The quantitative estimate of drug-likeness (QED) is 0.594. The van der Waals surface area contributed by atoms with E-state index in [0.29, 0.717) is 4.80 Å². The Morgan fingerprint density at radius 1 is 1.28 bits per heavy atom. The lowest BCUT2D eigenvalue weighted by molar-refractivity contribution is -0.121. The molecule has 1 atom stereocenters. The number of hydrogen-bond acceptors (Lipinski definition) is 5. The lowest BCUT2D eigenvalue weighted by Gasteiger charge is -2.14. The molecular weight excluding hydrogens is 358 g/mol. The largest absolute Gasteiger partial charge is 0.352 e. The fraction of sp³-hybridized carbons (Fsp3) is 0.188. The number of thiazole rings is 1. The van der Waals surface area contributed by atoms with Gasteiger partial charge in [-0.25, -0.2) is 10.2 Å². The summed E-state index contributed by atoms with van der Waals surface area (Å²) in [6.07, 6.45) is 0.0571. The number of nitrogens with zero attached hydrogens (tertiary/aromatic N) is 2. The van der Waals surface area contributed by atoms with E-state index in [1.54, 1.807) is 0 Å². The van der Waals surface area contributed by atoms with Gasteiger partial charge in [-0.05, 0) is 23.6 Å². The zero-order valence-corrected chi connectivity index (χ0v) is 15.1. The van der Waals surface area contributed by atoms with Gasteiger partial charge in [-0.2, -0.15) is 0 Å². The van der Waals surface area contributed by atoms with Crippen molar-refractivity contribution in [3.8, 4) is 0 Å². The second kappa shape index (κ2) is 7.49. The molecule has 0 saturated heterocycles. The van der Waals surface area contributed by atoms with Crippen LogP contribution < -0.4 is 21.3 Å². The van der Waals surface area contributed by atoms with Crippen LogP contribution in [0.3, 0.4) is 0 Å². The van der Waals surface area contributed by atoms with Crippen LogP contribution in [0.15, 0.2) is 46.9 Å². The summed E-state index contributed by atoms with van der Waals surface area (Å²) in [7, 11) is 1.90. The first-order chi connectivity index (χ1) is 12.0. The van der Waals surface area contributed by atoms with Gasteiger partial charge in [0.2, 0.25) is 10.7 Å². The minimum atomic E-state index is -0.668. The molecule has 2 aromatic heterocycles. The van der Waals surface area contributed by atoms with Crippen LogP contribution in [0.25, 0.3) is 10.2 Å². The number of aromatic nitrogens is 1. The third-order valence-electron chi connectivity index (χ3n) is 3.58. The molecule has 1 unspecified atom stereocenters. The molecule has 7 nitrogen and oxygen atoms in total. The van der Waals surface area contributed by atoms with Gasteiger partial charge in [0, 0.05) is 11.9 Å². The highest BCUT2D eigenvalue weighted by atomic mass is 32.1. The van der Waals surface area contributed by atoms with Gasteiger partial charge in [-0.1, -0.05) is 29.5 Å². The van der Waals surface area contributed by atoms with Crippen molar-refractivity contribution >= 4 is 44.8 Å². The molecule has 3 rings (SSSR count). The molecule has 25 heavy (non-hydrogen) atoms. The number of para-hydroxylation sites is 1. The lowest BCUT2D eigenvalue weighted by atomic mass is 10.1. The normalized spacial score (nSPS) is 12.9. The van der Waals surface area contributed by atoms with E-state index in [0.717, 1.165) is 15.1 Å². The summed E-state index contributed by atoms with van der Waals surface area (Å²) >= 11 is 2.94. The summed E-state index contributed by atoms with van der Waals surface area (Å²) in [4.78, 5) is 24.9. The van der Waals surface area contributed by atoms with Gasteiger partial charge in [-0.3, -0.25) is 4.79 Å². The van der Waals surface area contributed by atoms with Gasteiger partial charge in [-0.15, -0.1) is 16.4 Å². The zero-order chi connectivity index (χ0) is 17.8. The van der Waals surface area contributed by atoms with Gasteiger partial charge in [0.25, 0.3) is 0 Å². The first-order valence-corrected chi connectivity index (χ1v) is 9.20. The van der Waals surface area contributed by atoms with Crippen molar-refractivity contribution in [2.45, 2.75) is 12.5 Å². The predicted molar refractivity (Wildman–Crippen MR) is 98.9 cm³/mol. The molecule has 0 saturated carbocycles. The van der Waals surface area contributed by atoms with Crippen LogP contribution in [0.4, 0.5) is 4.79 Å². The van der Waals surface area contributed by atoms with Crippen molar-refractivity contribution < 1.29 is 9.59 Å². The van der Waals surface area contributed by atoms with Crippen molar-refractivity contribution in [3.05, 3.63) is 51.5 Å². The smallest absolute Gasteiger partial charge is 0.312 e. The van der Waals surface area contributed by atoms with Crippen LogP contribution in [0.2, 0.25) is 0 Å². The van der Waals surface area contributed by atoms with E-state index >= 15 is 0 Å². The van der Waals surface area contributed by atoms with E-state index in [1.165, 1.54) is 22.7 Å². The maximum atomic E-state index is 12.2. The zero-order valence-electron chi connectivity index (χ0n) is 13.4. The average molecular weight is 375 g/mol. The molecule has 0 aliphatic carbocycles. The molecule has 4 N–H and O–H groups in total. The van der Waals surface area contributed by atoms with Crippen molar-refractivity contribution in [1.82, 2.24) is 15.3 Å². The SMILES string of the molecule is Cn1/c(=N\NC(=O)CC(NC(N)=O)c2cccs2)sc2ccccc21. The minimum absolute atomic E-state index is 0.0571. The molecule has 9 heteroatoms. The number of hydrogen-bond donors (Lipinski definition) is 3. The van der Waals surface area contributed by atoms with E-state index in [4.69, 9.17) is 5.73 Å². The van der Waals surface area contributed by atoms with E-state index in [2.05, 4.69) is 15.8 Å². The topological polar surface area (TPSA) is 102 Å². The standard InChI is InChI=1S/C16H17N5O2S2/c1-21-11-5-2-3-6-13(11)25-16(21)20-19-14(22)9-10(18-15(17)23)12-7-4-8-24-12/h2-8,10H,9H2,1H3,(H,19,22)(H3,17,18,23)/b20-16+. The Labute approximate surface area is 151 Å². The number of rotatable bonds is 5. The number of primary amides is 1. The summed E-state index contributed by atoms with van der Waals surface area (Å²) in [6.45, 7) is 0. The highest BCUT2D eigenvalue weighted by Gasteiger charge is 2.18. The summed E-state index contributed by atoms with van der Waals surface area (Å²) < 4.78 is 3.00. The highest BCUT2D eigenvalue weighted by molar-refractivity contribution is 7.16. The van der Waals surface area contributed by atoms with E-state index in [-0.39, 0.29) is 12.3 Å². The van der Waals surface area contributed by atoms with Crippen LogP contribution >= 0.6 is 22.7 Å². The molecule has 0 spiro atoms. The fourth-order valence-corrected chi connectivity index (χ4v) is 4.17. The van der Waals surface area contributed by atoms with Crippen LogP contribution in [-0.2, 0) is 11.8 Å². The molecule has 0 fully saturated rings. The Balaban J connectivity index is 1.74. The molecular formula is C16H17N5O2S2. The average Bonchev–Trinajstić information content (AvgIpc) is 3.21. The third-order valence-corrected chi connectivity index (χ3v) is 5.68. The summed E-state index contributed by atoms with van der Waals surface area (Å²) in [5.74, 6) is -0.301. The fourth-order valence-electron chi connectivity index (χ4n) is 2.41. The number of amides is 3. The van der Waals surface area contributed by atoms with Crippen molar-refractivity contribution in [1.29, 1.82) is 0 Å². The number of thiophene rings is 1. The Bertz CT molecular complexity index is 958. The molecule has 2 heterocycles. The Morgan fingerprint density at radius 3 is 2.76 bits per heavy atom. The van der Waals surface area contributed by atoms with Crippen molar-refractivity contribution in [2.75, 3.05) is 0 Å². The Morgan fingerprint density at radius 2 is 2.08 bits per heavy atom. The van der Waals surface area contributed by atoms with E-state index in [9.17, 15) is 9.59 Å². The van der Waals surface area contributed by atoms with Crippen LogP contribution in [0.5, 0.6) is 0 Å². The van der Waals surface area contributed by atoms with Gasteiger partial charge in [0.15, 0.2) is 0 Å². The molecule has 130 valence electrons. The second-order valence-corrected chi connectivity index (χ2v) is 7.33. The van der Waals surface area contributed by atoms with Crippen molar-refractivity contribution in [3.63, 3.8) is 0 Å². The van der Waals surface area contributed by atoms with Gasteiger partial charge in [0.1, 0.15) is 0 Å². The van der Waals surface area contributed by atoms with Gasteiger partial charge < -0.3 is 15.6 Å². The number of carbonyl (C=O) groups excluding carboxylic acids is 2. The molecule has 3 aromatic rings. The van der Waals surface area contributed by atoms with Gasteiger partial charge in [0.05, 0.1) is 22.7 Å². The molecule has 3 amide bonds. The first kappa shape index (κ1) is 17.2. The van der Waals surface area contributed by atoms with Crippen LogP contribution in [-0.4, -0.2) is 16.5 Å². The third kappa shape index (κ3) is 4.06. The highest BCUT2D eigenvalue weighted by Crippen LogP contribution is 2.21. The Kier molecular flexibility index (Phi) is 5.15. The van der Waals surface area contributed by atoms with Crippen LogP contribution in [0.1, 0.15) is 17.3 Å². The lowest BCUT2D eigenvalue weighted by Crippen LogP contribution is -2.36. The molecule has 1 aromatic carbocycles.